The van der Waals surface area contributed by atoms with Crippen LogP contribution < -0.4 is 10.5 Å². The van der Waals surface area contributed by atoms with Crippen molar-refractivity contribution in [3.05, 3.63) is 35.9 Å². The Hall–Kier alpha value is -2.23. The molecule has 2 rings (SSSR count). The van der Waals surface area contributed by atoms with E-state index in [-0.39, 0.29) is 0 Å². The number of hydrogen-bond donors (Lipinski definition) is 1. The van der Waals surface area contributed by atoms with Gasteiger partial charge in [0.05, 0.1) is 19.3 Å². The molecule has 0 spiro atoms. The predicted octanol–water partition coefficient (Wildman–Crippen LogP) is 2.61. The molecule has 0 aromatic heterocycles. The summed E-state index contributed by atoms with van der Waals surface area (Å²) < 4.78 is 10.2. The Labute approximate surface area is 105 Å². The molecular formula is C14H15NO3. The van der Waals surface area contributed by atoms with Crippen molar-refractivity contribution >= 4 is 22.4 Å². The highest BCUT2D eigenvalue weighted by Gasteiger charge is 2.13. The Balaban J connectivity index is 2.62. The van der Waals surface area contributed by atoms with Gasteiger partial charge in [-0.3, -0.25) is 0 Å². The predicted molar refractivity (Wildman–Crippen MR) is 70.9 cm³/mol. The van der Waals surface area contributed by atoms with Gasteiger partial charge in [-0.2, -0.15) is 0 Å². The van der Waals surface area contributed by atoms with E-state index in [4.69, 9.17) is 15.2 Å². The second-order valence-corrected chi connectivity index (χ2v) is 3.84. The molecule has 0 bridgehead atoms. The summed E-state index contributed by atoms with van der Waals surface area (Å²) in [7, 11) is 1.59. The largest absolute Gasteiger partial charge is 0.496 e. The number of nitrogen functional groups attached to an aromatic ring is 1. The first-order valence-electron chi connectivity index (χ1n) is 5.70. The zero-order valence-electron chi connectivity index (χ0n) is 10.4. The van der Waals surface area contributed by atoms with Gasteiger partial charge < -0.3 is 15.2 Å². The molecule has 2 aromatic rings. The van der Waals surface area contributed by atoms with Crippen LogP contribution in [0, 0.1) is 0 Å². The lowest BCUT2D eigenvalue weighted by Gasteiger charge is -2.10. The molecule has 0 heterocycles. The molecule has 0 fully saturated rings. The van der Waals surface area contributed by atoms with E-state index in [0.717, 1.165) is 10.8 Å². The van der Waals surface area contributed by atoms with Crippen LogP contribution in [-0.2, 0) is 4.74 Å². The number of benzene rings is 2. The highest BCUT2D eigenvalue weighted by Crippen LogP contribution is 2.29. The van der Waals surface area contributed by atoms with Gasteiger partial charge in [0, 0.05) is 11.1 Å². The van der Waals surface area contributed by atoms with Gasteiger partial charge in [0.25, 0.3) is 0 Å². The zero-order chi connectivity index (χ0) is 13.1. The van der Waals surface area contributed by atoms with Crippen LogP contribution in [0.1, 0.15) is 17.3 Å². The minimum Gasteiger partial charge on any atom is -0.496 e. The molecule has 4 nitrogen and oxygen atoms in total. The number of nitrogens with two attached hydrogens (primary N) is 1. The summed E-state index contributed by atoms with van der Waals surface area (Å²) in [5.74, 6) is 0.292. The molecule has 2 N–H and O–H groups in total. The Morgan fingerprint density at radius 2 is 2.11 bits per heavy atom. The number of ether oxygens (including phenoxy) is 2. The maximum absolute atomic E-state index is 11.8. The topological polar surface area (TPSA) is 61.5 Å². The lowest BCUT2D eigenvalue weighted by atomic mass is 10.0. The second kappa shape index (κ2) is 4.96. The molecule has 0 unspecified atom stereocenters. The molecule has 0 atom stereocenters. The third-order valence-electron chi connectivity index (χ3n) is 2.73. The standard InChI is InChI=1S/C14H15NO3/c1-3-18-14(16)11-8-10-9(7-12(11)15)5-4-6-13(10)17-2/h4-8H,3,15H2,1-2H3. The van der Waals surface area contributed by atoms with Gasteiger partial charge in [0.15, 0.2) is 0 Å². The van der Waals surface area contributed by atoms with Crippen molar-refractivity contribution in [3.8, 4) is 5.75 Å². The van der Waals surface area contributed by atoms with Gasteiger partial charge in [0.1, 0.15) is 5.75 Å². The summed E-state index contributed by atoms with van der Waals surface area (Å²) in [6.45, 7) is 2.08. The number of fused-ring (bicyclic) bond motifs is 1. The Morgan fingerprint density at radius 3 is 2.78 bits per heavy atom. The molecule has 18 heavy (non-hydrogen) atoms. The van der Waals surface area contributed by atoms with E-state index in [1.807, 2.05) is 18.2 Å². The molecular weight excluding hydrogens is 230 g/mol. The zero-order valence-corrected chi connectivity index (χ0v) is 10.4. The average molecular weight is 245 g/mol. The molecule has 0 aliphatic heterocycles. The Morgan fingerprint density at radius 1 is 1.33 bits per heavy atom. The second-order valence-electron chi connectivity index (χ2n) is 3.84. The van der Waals surface area contributed by atoms with E-state index >= 15 is 0 Å². The third-order valence-corrected chi connectivity index (χ3v) is 2.73. The first-order chi connectivity index (χ1) is 8.67. The SMILES string of the molecule is CCOC(=O)c1cc2c(OC)cccc2cc1N. The Bertz CT molecular complexity index is 593. The molecule has 0 saturated heterocycles. The van der Waals surface area contributed by atoms with Gasteiger partial charge in [-0.15, -0.1) is 0 Å². The molecule has 0 amide bonds. The normalized spacial score (nSPS) is 10.3. The third kappa shape index (κ3) is 2.09. The van der Waals surface area contributed by atoms with Crippen molar-refractivity contribution in [3.63, 3.8) is 0 Å². The fraction of sp³-hybridized carbons (Fsp3) is 0.214. The van der Waals surface area contributed by atoms with Crippen molar-refractivity contribution in [2.45, 2.75) is 6.92 Å². The summed E-state index contributed by atoms with van der Waals surface area (Å²) in [6, 6.07) is 9.10. The molecule has 0 radical (unpaired) electrons. The van der Waals surface area contributed by atoms with Crippen LogP contribution in [0.4, 0.5) is 5.69 Å². The van der Waals surface area contributed by atoms with Crippen LogP contribution in [0.25, 0.3) is 10.8 Å². The number of esters is 1. The molecule has 0 saturated carbocycles. The number of rotatable bonds is 3. The van der Waals surface area contributed by atoms with Gasteiger partial charge in [0.2, 0.25) is 0 Å². The van der Waals surface area contributed by atoms with Crippen LogP contribution in [0.15, 0.2) is 30.3 Å². The summed E-state index contributed by atoms with van der Waals surface area (Å²) >= 11 is 0. The van der Waals surface area contributed by atoms with E-state index in [2.05, 4.69) is 0 Å². The van der Waals surface area contributed by atoms with Crippen LogP contribution in [0.2, 0.25) is 0 Å². The number of carbonyl (C=O) groups is 1. The maximum atomic E-state index is 11.8. The molecule has 2 aromatic carbocycles. The van der Waals surface area contributed by atoms with E-state index < -0.39 is 5.97 Å². The number of methoxy groups -OCH3 is 1. The molecule has 94 valence electrons. The first-order valence-corrected chi connectivity index (χ1v) is 5.70. The molecule has 4 heteroatoms. The van der Waals surface area contributed by atoms with Gasteiger partial charge >= 0.3 is 5.97 Å². The van der Waals surface area contributed by atoms with Crippen molar-refractivity contribution in [2.24, 2.45) is 0 Å². The van der Waals surface area contributed by atoms with Crippen LogP contribution in [0.5, 0.6) is 5.75 Å². The minimum atomic E-state index is -0.414. The van der Waals surface area contributed by atoms with Crippen molar-refractivity contribution in [1.29, 1.82) is 0 Å². The van der Waals surface area contributed by atoms with E-state index in [0.29, 0.717) is 23.6 Å². The lowest BCUT2D eigenvalue weighted by molar-refractivity contribution is 0.0528. The maximum Gasteiger partial charge on any atom is 0.340 e. The summed E-state index contributed by atoms with van der Waals surface area (Å²) in [5.41, 5.74) is 6.65. The fourth-order valence-electron chi connectivity index (χ4n) is 1.88. The quantitative estimate of drug-likeness (QED) is 0.667. The average Bonchev–Trinajstić information content (AvgIpc) is 2.37. The van der Waals surface area contributed by atoms with Gasteiger partial charge in [-0.1, -0.05) is 12.1 Å². The van der Waals surface area contributed by atoms with Crippen molar-refractivity contribution in [2.75, 3.05) is 19.5 Å². The summed E-state index contributed by atoms with van der Waals surface area (Å²) in [6.07, 6.45) is 0. The van der Waals surface area contributed by atoms with E-state index in [9.17, 15) is 4.79 Å². The summed E-state index contributed by atoms with van der Waals surface area (Å²) in [5, 5.41) is 1.78. The van der Waals surface area contributed by atoms with Gasteiger partial charge in [-0.25, -0.2) is 4.79 Å². The number of anilines is 1. The molecule has 0 aliphatic rings. The highest BCUT2D eigenvalue weighted by molar-refractivity contribution is 6.02. The van der Waals surface area contributed by atoms with Crippen molar-refractivity contribution < 1.29 is 14.3 Å². The highest BCUT2D eigenvalue weighted by atomic mass is 16.5. The van der Waals surface area contributed by atoms with Crippen LogP contribution in [-0.4, -0.2) is 19.7 Å². The van der Waals surface area contributed by atoms with Gasteiger partial charge in [-0.05, 0) is 30.5 Å². The summed E-state index contributed by atoms with van der Waals surface area (Å²) in [4.78, 5) is 11.8. The fourth-order valence-corrected chi connectivity index (χ4v) is 1.88. The molecule has 0 aliphatic carbocycles. The minimum absolute atomic E-state index is 0.322. The van der Waals surface area contributed by atoms with Crippen LogP contribution in [0.3, 0.4) is 0 Å². The van der Waals surface area contributed by atoms with E-state index in [1.54, 1.807) is 26.2 Å². The van der Waals surface area contributed by atoms with Crippen LogP contribution >= 0.6 is 0 Å². The smallest absolute Gasteiger partial charge is 0.340 e. The van der Waals surface area contributed by atoms with Crippen molar-refractivity contribution in [1.82, 2.24) is 0 Å². The van der Waals surface area contributed by atoms with E-state index in [1.165, 1.54) is 0 Å². The monoisotopic (exact) mass is 245 g/mol. The lowest BCUT2D eigenvalue weighted by Crippen LogP contribution is -2.08. The first kappa shape index (κ1) is 12.2. The Kier molecular flexibility index (Phi) is 3.37. The number of carbonyl (C=O) groups excluding carboxylic acids is 1. The number of hydrogen-bond acceptors (Lipinski definition) is 4.